The zero-order valence-corrected chi connectivity index (χ0v) is 9.73. The lowest BCUT2D eigenvalue weighted by Crippen LogP contribution is -2.11. The molecule has 2 rings (SSSR count). The molecule has 2 heteroatoms. The summed E-state index contributed by atoms with van der Waals surface area (Å²) in [5, 5.41) is 8.69. The molecule has 0 radical (unpaired) electrons. The third-order valence-corrected chi connectivity index (χ3v) is 3.19. The number of carbonyl (C=O) groups is 1. The van der Waals surface area contributed by atoms with E-state index in [1.165, 1.54) is 0 Å². The van der Waals surface area contributed by atoms with Crippen LogP contribution in [-0.4, -0.2) is 5.78 Å². The van der Waals surface area contributed by atoms with Crippen LogP contribution in [0.4, 0.5) is 0 Å². The highest BCUT2D eigenvalue weighted by Gasteiger charge is 2.15. The van der Waals surface area contributed by atoms with Crippen molar-refractivity contribution in [3.05, 3.63) is 41.5 Å². The second kappa shape index (κ2) is 5.45. The van der Waals surface area contributed by atoms with E-state index in [1.54, 1.807) is 0 Å². The van der Waals surface area contributed by atoms with Gasteiger partial charge in [0.2, 0.25) is 0 Å². The molecule has 1 saturated carbocycles. The van der Waals surface area contributed by atoms with Gasteiger partial charge in [-0.1, -0.05) is 24.3 Å². The van der Waals surface area contributed by atoms with Crippen molar-refractivity contribution in [2.75, 3.05) is 0 Å². The predicted octanol–water partition coefficient (Wildman–Crippen LogP) is 3.33. The molecule has 0 N–H and O–H groups in total. The number of Topliss-reactive ketones (excluding diaryl/α,β-unsaturated/α-hetero) is 1. The Morgan fingerprint density at radius 1 is 1.18 bits per heavy atom. The van der Waals surface area contributed by atoms with Crippen LogP contribution in [0.15, 0.2) is 30.3 Å². The van der Waals surface area contributed by atoms with Crippen molar-refractivity contribution in [2.24, 2.45) is 5.92 Å². The Morgan fingerprint density at radius 2 is 1.82 bits per heavy atom. The highest BCUT2D eigenvalue weighted by molar-refractivity contribution is 5.79. The van der Waals surface area contributed by atoms with Crippen LogP contribution in [0.2, 0.25) is 0 Å². The van der Waals surface area contributed by atoms with E-state index in [2.05, 4.69) is 18.2 Å². The number of allylic oxidation sites excluding steroid dienone is 1. The molecule has 0 bridgehead atoms. The maximum absolute atomic E-state index is 11.1. The summed E-state index contributed by atoms with van der Waals surface area (Å²) >= 11 is 0. The fourth-order valence-electron chi connectivity index (χ4n) is 2.07. The van der Waals surface area contributed by atoms with Crippen LogP contribution in [0.3, 0.4) is 0 Å². The molecule has 0 spiro atoms. The van der Waals surface area contributed by atoms with E-state index in [9.17, 15) is 4.79 Å². The van der Waals surface area contributed by atoms with Crippen molar-refractivity contribution in [1.82, 2.24) is 0 Å². The highest BCUT2D eigenvalue weighted by atomic mass is 16.1. The SMILES string of the molecule is N#Cc1ccc(C=CC2CCC(=O)CC2)cc1. The maximum atomic E-state index is 11.1. The van der Waals surface area contributed by atoms with E-state index in [0.717, 1.165) is 31.2 Å². The van der Waals surface area contributed by atoms with Gasteiger partial charge in [-0.15, -0.1) is 0 Å². The first-order chi connectivity index (χ1) is 8.28. The summed E-state index contributed by atoms with van der Waals surface area (Å²) in [4.78, 5) is 11.1. The number of rotatable bonds is 2. The highest BCUT2D eigenvalue weighted by Crippen LogP contribution is 2.23. The fraction of sp³-hybridized carbons (Fsp3) is 0.333. The zero-order valence-electron chi connectivity index (χ0n) is 9.73. The number of hydrogen-bond acceptors (Lipinski definition) is 2. The number of benzene rings is 1. The Bertz CT molecular complexity index is 455. The summed E-state index contributed by atoms with van der Waals surface area (Å²) in [5.74, 6) is 0.927. The van der Waals surface area contributed by atoms with E-state index >= 15 is 0 Å². The van der Waals surface area contributed by atoms with Gasteiger partial charge in [-0.05, 0) is 36.5 Å². The molecular weight excluding hydrogens is 210 g/mol. The molecule has 1 aromatic carbocycles. The van der Waals surface area contributed by atoms with Gasteiger partial charge in [-0.3, -0.25) is 4.79 Å². The Labute approximate surface area is 102 Å². The Morgan fingerprint density at radius 3 is 2.41 bits per heavy atom. The molecule has 1 aliphatic rings. The largest absolute Gasteiger partial charge is 0.300 e. The number of hydrogen-bond donors (Lipinski definition) is 0. The Hall–Kier alpha value is -1.88. The molecule has 1 aromatic rings. The van der Waals surface area contributed by atoms with Crippen molar-refractivity contribution >= 4 is 11.9 Å². The molecule has 86 valence electrons. The van der Waals surface area contributed by atoms with E-state index in [0.29, 0.717) is 17.3 Å². The van der Waals surface area contributed by atoms with E-state index in [4.69, 9.17) is 5.26 Å². The molecule has 0 saturated heterocycles. The van der Waals surface area contributed by atoms with Crippen molar-refractivity contribution < 1.29 is 4.79 Å². The van der Waals surface area contributed by atoms with Gasteiger partial charge in [-0.2, -0.15) is 5.26 Å². The molecular formula is C15H15NO. The minimum absolute atomic E-state index is 0.396. The predicted molar refractivity (Wildman–Crippen MR) is 67.2 cm³/mol. The van der Waals surface area contributed by atoms with Crippen LogP contribution in [-0.2, 0) is 4.79 Å². The minimum atomic E-state index is 0.396. The van der Waals surface area contributed by atoms with Gasteiger partial charge in [0.15, 0.2) is 0 Å². The molecule has 0 heterocycles. The zero-order chi connectivity index (χ0) is 12.1. The monoisotopic (exact) mass is 225 g/mol. The maximum Gasteiger partial charge on any atom is 0.132 e. The first kappa shape index (κ1) is 11.6. The van der Waals surface area contributed by atoms with E-state index < -0.39 is 0 Å². The third kappa shape index (κ3) is 3.29. The van der Waals surface area contributed by atoms with Crippen molar-refractivity contribution in [3.8, 4) is 6.07 Å². The average molecular weight is 225 g/mol. The minimum Gasteiger partial charge on any atom is -0.300 e. The van der Waals surface area contributed by atoms with Crippen LogP contribution in [0.25, 0.3) is 6.08 Å². The molecule has 0 amide bonds. The Kier molecular flexibility index (Phi) is 3.72. The van der Waals surface area contributed by atoms with Crippen LogP contribution in [0.5, 0.6) is 0 Å². The summed E-state index contributed by atoms with van der Waals surface area (Å²) in [6, 6.07) is 9.64. The van der Waals surface area contributed by atoms with Gasteiger partial charge in [0.05, 0.1) is 11.6 Å². The van der Waals surface area contributed by atoms with Crippen LogP contribution in [0, 0.1) is 17.2 Å². The molecule has 0 aromatic heterocycles. The summed E-state index contributed by atoms with van der Waals surface area (Å²) in [6.07, 6.45) is 7.68. The van der Waals surface area contributed by atoms with Gasteiger partial charge in [0.25, 0.3) is 0 Å². The van der Waals surface area contributed by atoms with Crippen LogP contribution >= 0.6 is 0 Å². The number of carbonyl (C=O) groups excluding carboxylic acids is 1. The molecule has 1 fully saturated rings. The lowest BCUT2D eigenvalue weighted by Gasteiger charge is -2.16. The number of ketones is 1. The molecule has 0 unspecified atom stereocenters. The summed E-state index contributed by atoms with van der Waals surface area (Å²) in [6.45, 7) is 0. The lowest BCUT2D eigenvalue weighted by molar-refractivity contribution is -0.120. The first-order valence-electron chi connectivity index (χ1n) is 5.98. The van der Waals surface area contributed by atoms with Gasteiger partial charge >= 0.3 is 0 Å². The average Bonchev–Trinajstić information content (AvgIpc) is 2.39. The molecule has 2 nitrogen and oxygen atoms in total. The normalized spacial score (nSPS) is 17.2. The number of nitrogens with zero attached hydrogens (tertiary/aromatic N) is 1. The topological polar surface area (TPSA) is 40.9 Å². The van der Waals surface area contributed by atoms with E-state index in [-0.39, 0.29) is 0 Å². The van der Waals surface area contributed by atoms with Crippen LogP contribution < -0.4 is 0 Å². The Balaban J connectivity index is 1.95. The molecule has 0 atom stereocenters. The molecule has 0 aliphatic heterocycles. The van der Waals surface area contributed by atoms with Crippen molar-refractivity contribution in [3.63, 3.8) is 0 Å². The summed E-state index contributed by atoms with van der Waals surface area (Å²) in [5.41, 5.74) is 1.80. The smallest absolute Gasteiger partial charge is 0.132 e. The first-order valence-corrected chi connectivity index (χ1v) is 5.98. The lowest BCUT2D eigenvalue weighted by atomic mass is 9.88. The van der Waals surface area contributed by atoms with Crippen molar-refractivity contribution in [2.45, 2.75) is 25.7 Å². The summed E-state index contributed by atoms with van der Waals surface area (Å²) < 4.78 is 0. The molecule has 1 aliphatic carbocycles. The fourth-order valence-corrected chi connectivity index (χ4v) is 2.07. The second-order valence-corrected chi connectivity index (χ2v) is 4.47. The van der Waals surface area contributed by atoms with E-state index in [1.807, 2.05) is 24.3 Å². The second-order valence-electron chi connectivity index (χ2n) is 4.47. The van der Waals surface area contributed by atoms with Gasteiger partial charge in [0.1, 0.15) is 5.78 Å². The van der Waals surface area contributed by atoms with Crippen LogP contribution in [0.1, 0.15) is 36.8 Å². The summed E-state index contributed by atoms with van der Waals surface area (Å²) in [7, 11) is 0. The quantitative estimate of drug-likeness (QED) is 0.774. The third-order valence-electron chi connectivity index (χ3n) is 3.19. The van der Waals surface area contributed by atoms with Gasteiger partial charge in [-0.25, -0.2) is 0 Å². The van der Waals surface area contributed by atoms with Gasteiger partial charge < -0.3 is 0 Å². The molecule has 17 heavy (non-hydrogen) atoms. The van der Waals surface area contributed by atoms with Crippen molar-refractivity contribution in [1.29, 1.82) is 5.26 Å². The standard InChI is InChI=1S/C15H15NO/c16-11-14-5-3-12(4-6-14)1-2-13-7-9-15(17)10-8-13/h1-6,13H,7-10H2. The number of nitriles is 1. The van der Waals surface area contributed by atoms with Gasteiger partial charge in [0, 0.05) is 12.8 Å².